The van der Waals surface area contributed by atoms with Crippen LogP contribution in [0.1, 0.15) is 27.2 Å². The highest BCUT2D eigenvalue weighted by Gasteiger charge is 2.28. The van der Waals surface area contributed by atoms with Crippen molar-refractivity contribution in [3.05, 3.63) is 0 Å². The molecule has 2 fully saturated rings. The van der Waals surface area contributed by atoms with Gasteiger partial charge in [-0.2, -0.15) is 4.31 Å². The van der Waals surface area contributed by atoms with Crippen LogP contribution >= 0.6 is 0 Å². The van der Waals surface area contributed by atoms with E-state index in [9.17, 15) is 13.2 Å². The number of nitrogens with zero attached hydrogens (tertiary/aromatic N) is 3. The highest BCUT2D eigenvalue weighted by molar-refractivity contribution is 7.89. The zero-order valence-corrected chi connectivity index (χ0v) is 16.0. The average Bonchev–Trinajstić information content (AvgIpc) is 2.53. The molecule has 0 aromatic rings. The number of amides is 1. The van der Waals surface area contributed by atoms with Crippen LogP contribution in [-0.4, -0.2) is 93.2 Å². The molecule has 24 heavy (non-hydrogen) atoms. The zero-order chi connectivity index (χ0) is 17.8. The molecule has 2 saturated heterocycles. The number of hydrogen-bond donors (Lipinski definition) is 0. The Labute approximate surface area is 146 Å². The van der Waals surface area contributed by atoms with E-state index in [4.69, 9.17) is 4.74 Å². The van der Waals surface area contributed by atoms with Crippen LogP contribution in [0.2, 0.25) is 0 Å². The minimum atomic E-state index is -3.36. The molecule has 0 radical (unpaired) electrons. The van der Waals surface area contributed by atoms with Crippen LogP contribution in [0.4, 0.5) is 0 Å². The Hall–Kier alpha value is -0.700. The molecule has 0 unspecified atom stereocenters. The monoisotopic (exact) mass is 361 g/mol. The Kier molecular flexibility index (Phi) is 6.64. The number of piperazine rings is 1. The fourth-order valence-corrected chi connectivity index (χ4v) is 4.55. The van der Waals surface area contributed by atoms with Gasteiger partial charge in [0.2, 0.25) is 15.9 Å². The first-order valence-corrected chi connectivity index (χ1v) is 10.3. The van der Waals surface area contributed by atoms with Gasteiger partial charge in [0.1, 0.15) is 0 Å². The van der Waals surface area contributed by atoms with Crippen molar-refractivity contribution >= 4 is 15.9 Å². The summed E-state index contributed by atoms with van der Waals surface area (Å²) in [5.74, 6) is -0.157. The van der Waals surface area contributed by atoms with Gasteiger partial charge in [-0.25, -0.2) is 8.42 Å². The first-order valence-electron chi connectivity index (χ1n) is 8.73. The molecule has 1 amide bonds. The Balaban J connectivity index is 1.75. The van der Waals surface area contributed by atoms with E-state index in [2.05, 4.69) is 25.7 Å². The molecule has 2 rings (SSSR count). The van der Waals surface area contributed by atoms with E-state index < -0.39 is 10.0 Å². The Morgan fingerprint density at radius 2 is 1.58 bits per heavy atom. The summed E-state index contributed by atoms with van der Waals surface area (Å²) in [6, 6.07) is 0. The largest absolute Gasteiger partial charge is 0.379 e. The topological polar surface area (TPSA) is 70.2 Å². The number of rotatable bonds is 5. The molecule has 0 aliphatic carbocycles. The number of carbonyl (C=O) groups excluding carboxylic acids is 1. The summed E-state index contributed by atoms with van der Waals surface area (Å²) in [7, 11) is -3.36. The fourth-order valence-electron chi connectivity index (χ4n) is 3.15. The Morgan fingerprint density at radius 3 is 2.12 bits per heavy atom. The molecule has 0 saturated carbocycles. The van der Waals surface area contributed by atoms with Crippen molar-refractivity contribution in [2.75, 3.05) is 64.8 Å². The van der Waals surface area contributed by atoms with E-state index in [-0.39, 0.29) is 23.5 Å². The average molecular weight is 362 g/mol. The van der Waals surface area contributed by atoms with Crippen LogP contribution in [0.15, 0.2) is 0 Å². The SMILES string of the molecule is CC(C)(C)CN1CCN(C(=O)CCS(=O)(=O)N2CCOCC2)CC1. The van der Waals surface area contributed by atoms with E-state index in [1.165, 1.54) is 4.31 Å². The second-order valence-corrected chi connectivity index (χ2v) is 9.88. The molecule has 0 spiro atoms. The first kappa shape index (κ1) is 19.6. The van der Waals surface area contributed by atoms with Gasteiger partial charge < -0.3 is 9.64 Å². The maximum Gasteiger partial charge on any atom is 0.223 e. The number of sulfonamides is 1. The lowest BCUT2D eigenvalue weighted by Crippen LogP contribution is -2.51. The predicted octanol–water partition coefficient (Wildman–Crippen LogP) is 0.229. The van der Waals surface area contributed by atoms with Gasteiger partial charge in [-0.3, -0.25) is 9.69 Å². The normalized spacial score (nSPS) is 21.9. The van der Waals surface area contributed by atoms with Gasteiger partial charge in [-0.05, 0) is 5.41 Å². The molecule has 2 aliphatic heterocycles. The molecule has 0 aromatic carbocycles. The van der Waals surface area contributed by atoms with E-state index in [0.29, 0.717) is 39.4 Å². The van der Waals surface area contributed by atoms with Crippen LogP contribution in [0.3, 0.4) is 0 Å². The number of ether oxygens (including phenoxy) is 1. The summed E-state index contributed by atoms with van der Waals surface area (Å²) in [4.78, 5) is 16.5. The van der Waals surface area contributed by atoms with Crippen LogP contribution < -0.4 is 0 Å². The molecule has 0 bridgehead atoms. The van der Waals surface area contributed by atoms with E-state index in [1.54, 1.807) is 4.90 Å². The van der Waals surface area contributed by atoms with Crippen LogP contribution in [0.25, 0.3) is 0 Å². The minimum absolute atomic E-state index is 0.0535. The maximum atomic E-state index is 12.3. The zero-order valence-electron chi connectivity index (χ0n) is 15.2. The standard InChI is InChI=1S/C16H31N3O4S/c1-16(2,3)14-17-5-7-18(8-6-17)15(20)4-13-24(21,22)19-9-11-23-12-10-19/h4-14H2,1-3H3. The van der Waals surface area contributed by atoms with Gasteiger partial charge in [0, 0.05) is 52.2 Å². The summed E-state index contributed by atoms with van der Waals surface area (Å²) in [5, 5.41) is 0. The molecule has 7 nitrogen and oxygen atoms in total. The van der Waals surface area contributed by atoms with Gasteiger partial charge in [0.15, 0.2) is 0 Å². The third-order valence-electron chi connectivity index (χ3n) is 4.36. The maximum absolute atomic E-state index is 12.3. The van der Waals surface area contributed by atoms with Gasteiger partial charge in [-0.15, -0.1) is 0 Å². The molecular weight excluding hydrogens is 330 g/mol. The number of carbonyl (C=O) groups is 1. The lowest BCUT2D eigenvalue weighted by molar-refractivity contribution is -0.132. The quantitative estimate of drug-likeness (QED) is 0.701. The van der Waals surface area contributed by atoms with Crippen molar-refractivity contribution in [2.24, 2.45) is 5.41 Å². The molecule has 140 valence electrons. The summed E-state index contributed by atoms with van der Waals surface area (Å²) in [6.07, 6.45) is 0.0684. The van der Waals surface area contributed by atoms with Crippen LogP contribution in [0, 0.1) is 5.41 Å². The van der Waals surface area contributed by atoms with Gasteiger partial charge >= 0.3 is 0 Å². The lowest BCUT2D eigenvalue weighted by Gasteiger charge is -2.38. The lowest BCUT2D eigenvalue weighted by atomic mass is 9.96. The molecule has 2 heterocycles. The van der Waals surface area contributed by atoms with Gasteiger partial charge in [-0.1, -0.05) is 20.8 Å². The van der Waals surface area contributed by atoms with Gasteiger partial charge in [0.25, 0.3) is 0 Å². The van der Waals surface area contributed by atoms with Crippen molar-refractivity contribution in [3.63, 3.8) is 0 Å². The first-order chi connectivity index (χ1) is 11.2. The van der Waals surface area contributed by atoms with E-state index in [0.717, 1.165) is 19.6 Å². The summed E-state index contributed by atoms with van der Waals surface area (Å²) in [5.41, 5.74) is 0.248. The minimum Gasteiger partial charge on any atom is -0.379 e. The summed E-state index contributed by atoms with van der Waals surface area (Å²) < 4.78 is 31.2. The molecular formula is C16H31N3O4S. The van der Waals surface area contributed by atoms with Crippen molar-refractivity contribution in [1.29, 1.82) is 0 Å². The molecule has 0 aromatic heterocycles. The third-order valence-corrected chi connectivity index (χ3v) is 6.23. The van der Waals surface area contributed by atoms with Crippen molar-refractivity contribution < 1.29 is 17.9 Å². The number of hydrogen-bond acceptors (Lipinski definition) is 5. The fraction of sp³-hybridized carbons (Fsp3) is 0.938. The molecule has 0 N–H and O–H groups in total. The van der Waals surface area contributed by atoms with Gasteiger partial charge in [0.05, 0.1) is 19.0 Å². The van der Waals surface area contributed by atoms with Crippen molar-refractivity contribution in [1.82, 2.24) is 14.1 Å². The molecule has 8 heteroatoms. The van der Waals surface area contributed by atoms with Crippen molar-refractivity contribution in [3.8, 4) is 0 Å². The predicted molar refractivity (Wildman–Crippen MR) is 93.3 cm³/mol. The summed E-state index contributed by atoms with van der Waals surface area (Å²) >= 11 is 0. The number of morpholine rings is 1. The third kappa shape index (κ3) is 5.98. The Morgan fingerprint density at radius 1 is 1.00 bits per heavy atom. The smallest absolute Gasteiger partial charge is 0.223 e. The molecule has 2 aliphatic rings. The van der Waals surface area contributed by atoms with Crippen LogP contribution in [0.5, 0.6) is 0 Å². The van der Waals surface area contributed by atoms with Crippen LogP contribution in [-0.2, 0) is 19.6 Å². The van der Waals surface area contributed by atoms with E-state index >= 15 is 0 Å². The highest BCUT2D eigenvalue weighted by Crippen LogP contribution is 2.17. The molecule has 0 atom stereocenters. The van der Waals surface area contributed by atoms with Crippen molar-refractivity contribution in [2.45, 2.75) is 27.2 Å². The second kappa shape index (κ2) is 8.12. The second-order valence-electron chi connectivity index (χ2n) is 7.80. The summed E-state index contributed by atoms with van der Waals surface area (Å²) in [6.45, 7) is 12.4. The highest BCUT2D eigenvalue weighted by atomic mass is 32.2. The van der Waals surface area contributed by atoms with E-state index in [1.807, 2.05) is 0 Å². The Bertz CT molecular complexity index is 516.